The maximum absolute atomic E-state index is 12.1. The van der Waals surface area contributed by atoms with Crippen LogP contribution < -0.4 is 5.32 Å². The van der Waals surface area contributed by atoms with E-state index in [1.54, 1.807) is 16.0 Å². The molecule has 0 aliphatic carbocycles. The summed E-state index contributed by atoms with van der Waals surface area (Å²) in [5.41, 5.74) is 2.94. The molecule has 0 fully saturated rings. The molecule has 1 amide bonds. The number of halogens is 1. The van der Waals surface area contributed by atoms with Gasteiger partial charge in [-0.25, -0.2) is 4.68 Å². The van der Waals surface area contributed by atoms with E-state index in [9.17, 15) is 4.79 Å². The van der Waals surface area contributed by atoms with E-state index in [0.29, 0.717) is 17.3 Å². The lowest BCUT2D eigenvalue weighted by atomic mass is 9.89. The Morgan fingerprint density at radius 3 is 2.95 bits per heavy atom. The third-order valence-electron chi connectivity index (χ3n) is 3.85. The van der Waals surface area contributed by atoms with E-state index in [-0.39, 0.29) is 11.8 Å². The highest BCUT2D eigenvalue weighted by Crippen LogP contribution is 2.39. The largest absolute Gasteiger partial charge is 0.310 e. The number of benzene rings is 1. The molecule has 4 rings (SSSR count). The highest BCUT2D eigenvalue weighted by molar-refractivity contribution is 7.08. The van der Waals surface area contributed by atoms with Gasteiger partial charge in [0.25, 0.3) is 0 Å². The van der Waals surface area contributed by atoms with Crippen molar-refractivity contribution in [1.29, 1.82) is 0 Å². The van der Waals surface area contributed by atoms with Crippen LogP contribution in [0.2, 0.25) is 5.02 Å². The summed E-state index contributed by atoms with van der Waals surface area (Å²) in [7, 11) is 0. The fourth-order valence-corrected chi connectivity index (χ4v) is 3.73. The Kier molecular flexibility index (Phi) is 3.24. The van der Waals surface area contributed by atoms with E-state index in [4.69, 9.17) is 11.6 Å². The van der Waals surface area contributed by atoms with Crippen molar-refractivity contribution in [3.8, 4) is 5.69 Å². The average Bonchev–Trinajstić information content (AvgIpc) is 3.16. The molecular weight excluding hydrogens is 318 g/mol. The van der Waals surface area contributed by atoms with Gasteiger partial charge in [0.15, 0.2) is 0 Å². The second-order valence-corrected chi connectivity index (χ2v) is 6.36. The van der Waals surface area contributed by atoms with E-state index in [0.717, 1.165) is 16.8 Å². The first-order valence-corrected chi connectivity index (χ1v) is 8.21. The first-order chi connectivity index (χ1) is 10.7. The van der Waals surface area contributed by atoms with Crippen molar-refractivity contribution in [3.05, 3.63) is 63.4 Å². The van der Waals surface area contributed by atoms with Crippen molar-refractivity contribution in [2.24, 2.45) is 0 Å². The van der Waals surface area contributed by atoms with Crippen LogP contribution in [0.5, 0.6) is 0 Å². The molecule has 110 valence electrons. The number of anilines is 1. The molecule has 0 spiro atoms. The minimum Gasteiger partial charge on any atom is -0.310 e. The molecule has 1 atom stereocenters. The van der Waals surface area contributed by atoms with E-state index in [2.05, 4.69) is 21.9 Å². The number of amides is 1. The minimum absolute atomic E-state index is 0.00231. The zero-order valence-electron chi connectivity index (χ0n) is 11.5. The summed E-state index contributed by atoms with van der Waals surface area (Å²) in [6.07, 6.45) is 2.26. The molecule has 1 aliphatic rings. The van der Waals surface area contributed by atoms with Crippen LogP contribution in [0.3, 0.4) is 0 Å². The van der Waals surface area contributed by atoms with Gasteiger partial charge in [0, 0.05) is 17.9 Å². The van der Waals surface area contributed by atoms with Gasteiger partial charge >= 0.3 is 0 Å². The number of thiophene rings is 1. The number of fused-ring (bicyclic) bond motifs is 1. The number of hydrogen-bond donors (Lipinski definition) is 1. The summed E-state index contributed by atoms with van der Waals surface area (Å²) in [4.78, 5) is 12.1. The van der Waals surface area contributed by atoms with Crippen molar-refractivity contribution < 1.29 is 4.79 Å². The third kappa shape index (κ3) is 2.14. The summed E-state index contributed by atoms with van der Waals surface area (Å²) >= 11 is 7.89. The van der Waals surface area contributed by atoms with Gasteiger partial charge in [-0.05, 0) is 34.5 Å². The van der Waals surface area contributed by atoms with Crippen molar-refractivity contribution in [2.75, 3.05) is 5.32 Å². The van der Waals surface area contributed by atoms with Gasteiger partial charge in [0.1, 0.15) is 5.82 Å². The normalized spacial score (nSPS) is 17.1. The number of carbonyl (C=O) groups excluding carboxylic acids is 1. The van der Waals surface area contributed by atoms with Gasteiger partial charge in [-0.3, -0.25) is 4.79 Å². The number of hydrogen-bond acceptors (Lipinski definition) is 3. The summed E-state index contributed by atoms with van der Waals surface area (Å²) in [5, 5.41) is 12.1. The summed E-state index contributed by atoms with van der Waals surface area (Å²) in [5.74, 6) is 0.754. The maximum atomic E-state index is 12.1. The van der Waals surface area contributed by atoms with Gasteiger partial charge in [-0.2, -0.15) is 16.4 Å². The molecule has 3 heterocycles. The number of carbonyl (C=O) groups is 1. The quantitative estimate of drug-likeness (QED) is 0.770. The molecule has 6 heteroatoms. The average molecular weight is 330 g/mol. The first-order valence-electron chi connectivity index (χ1n) is 6.89. The second kappa shape index (κ2) is 5.26. The zero-order chi connectivity index (χ0) is 15.1. The Morgan fingerprint density at radius 2 is 2.18 bits per heavy atom. The third-order valence-corrected chi connectivity index (χ3v) is 4.87. The van der Waals surface area contributed by atoms with Gasteiger partial charge in [-0.15, -0.1) is 0 Å². The van der Waals surface area contributed by atoms with Crippen LogP contribution in [0.1, 0.15) is 23.5 Å². The maximum Gasteiger partial charge on any atom is 0.226 e. The Labute approximate surface area is 136 Å². The monoisotopic (exact) mass is 329 g/mol. The molecule has 1 aliphatic heterocycles. The predicted molar refractivity (Wildman–Crippen MR) is 88.0 cm³/mol. The minimum atomic E-state index is -0.00231. The number of para-hydroxylation sites is 1. The molecule has 1 N–H and O–H groups in total. The fraction of sp³-hybridized carbons (Fsp3) is 0.125. The molecule has 1 unspecified atom stereocenters. The fourth-order valence-electron chi connectivity index (χ4n) is 2.80. The van der Waals surface area contributed by atoms with Crippen molar-refractivity contribution in [3.63, 3.8) is 0 Å². The van der Waals surface area contributed by atoms with Gasteiger partial charge in [-0.1, -0.05) is 23.7 Å². The molecular formula is C16H12ClN3OS. The topological polar surface area (TPSA) is 46.9 Å². The number of aromatic nitrogens is 2. The molecule has 2 aromatic heterocycles. The smallest absolute Gasteiger partial charge is 0.226 e. The highest BCUT2D eigenvalue weighted by Gasteiger charge is 2.30. The Bertz CT molecular complexity index is 841. The lowest BCUT2D eigenvalue weighted by molar-refractivity contribution is -0.116. The van der Waals surface area contributed by atoms with Crippen molar-refractivity contribution in [2.45, 2.75) is 12.3 Å². The lowest BCUT2D eigenvalue weighted by Crippen LogP contribution is -2.24. The summed E-state index contributed by atoms with van der Waals surface area (Å²) in [6, 6.07) is 9.53. The lowest BCUT2D eigenvalue weighted by Gasteiger charge is -2.23. The molecule has 0 saturated heterocycles. The van der Waals surface area contributed by atoms with Crippen molar-refractivity contribution in [1.82, 2.24) is 9.78 Å². The van der Waals surface area contributed by atoms with Crippen LogP contribution in [0.15, 0.2) is 47.3 Å². The van der Waals surface area contributed by atoms with Crippen LogP contribution in [-0.4, -0.2) is 15.7 Å². The molecule has 0 radical (unpaired) electrons. The van der Waals surface area contributed by atoms with Crippen LogP contribution in [0.4, 0.5) is 5.82 Å². The number of nitrogens with one attached hydrogen (secondary N) is 1. The SMILES string of the molecule is O=C1CC(c2ccsc2)c2cnn(-c3ccccc3Cl)c2N1. The summed E-state index contributed by atoms with van der Waals surface area (Å²) in [6.45, 7) is 0. The standard InChI is InChI=1S/C16H12ClN3OS/c17-13-3-1-2-4-14(13)20-16-12(8-18-20)11(7-15(21)19-16)10-5-6-22-9-10/h1-6,8-9,11H,7H2,(H,19,21). The molecule has 22 heavy (non-hydrogen) atoms. The van der Waals surface area contributed by atoms with Crippen LogP contribution in [0.25, 0.3) is 5.69 Å². The number of nitrogens with zero attached hydrogens (tertiary/aromatic N) is 2. The molecule has 1 aromatic carbocycles. The summed E-state index contributed by atoms with van der Waals surface area (Å²) < 4.78 is 1.70. The van der Waals surface area contributed by atoms with E-state index < -0.39 is 0 Å². The molecule has 0 bridgehead atoms. The van der Waals surface area contributed by atoms with Crippen LogP contribution in [-0.2, 0) is 4.79 Å². The predicted octanol–water partition coefficient (Wildman–Crippen LogP) is 4.06. The second-order valence-electron chi connectivity index (χ2n) is 5.17. The zero-order valence-corrected chi connectivity index (χ0v) is 13.1. The first kappa shape index (κ1) is 13.5. The van der Waals surface area contributed by atoms with Crippen molar-refractivity contribution >= 4 is 34.7 Å². The van der Waals surface area contributed by atoms with Gasteiger partial charge in [0.2, 0.25) is 5.91 Å². The molecule has 3 aromatic rings. The van der Waals surface area contributed by atoms with E-state index in [1.165, 1.54) is 0 Å². The van der Waals surface area contributed by atoms with Crippen LogP contribution in [0, 0.1) is 0 Å². The number of rotatable bonds is 2. The van der Waals surface area contributed by atoms with E-state index in [1.807, 2.05) is 35.8 Å². The molecule has 4 nitrogen and oxygen atoms in total. The van der Waals surface area contributed by atoms with Crippen LogP contribution >= 0.6 is 22.9 Å². The van der Waals surface area contributed by atoms with E-state index >= 15 is 0 Å². The Balaban J connectivity index is 1.86. The van der Waals surface area contributed by atoms with Gasteiger partial charge in [0.05, 0.1) is 16.9 Å². The molecule has 0 saturated carbocycles. The van der Waals surface area contributed by atoms with Gasteiger partial charge < -0.3 is 5.32 Å². The Morgan fingerprint density at radius 1 is 1.32 bits per heavy atom. The highest BCUT2D eigenvalue weighted by atomic mass is 35.5. The Hall–Kier alpha value is -2.11.